The molecule has 9 nitrogen and oxygen atoms in total. The van der Waals surface area contributed by atoms with Gasteiger partial charge in [-0.3, -0.25) is 9.59 Å². The van der Waals surface area contributed by atoms with Gasteiger partial charge in [0.2, 0.25) is 5.78 Å². The van der Waals surface area contributed by atoms with E-state index < -0.39 is 64.1 Å². The number of carbonyl (C=O) groups is 4. The molecule has 0 amide bonds. The van der Waals surface area contributed by atoms with Gasteiger partial charge < -0.3 is 24.1 Å². The monoisotopic (exact) mass is 580 g/mol. The lowest BCUT2D eigenvalue weighted by atomic mass is 9.45. The molecule has 8 atom stereocenters. The maximum atomic E-state index is 14.1. The van der Waals surface area contributed by atoms with Gasteiger partial charge in [0.05, 0.1) is 23.7 Å². The molecule has 0 aromatic rings. The molecule has 4 aliphatic carbocycles. The maximum Gasteiger partial charge on any atom is 0.509 e. The first-order valence-electron chi connectivity index (χ1n) is 14.2. The van der Waals surface area contributed by atoms with E-state index >= 15 is 0 Å². The number of alkyl halides is 1. The van der Waals surface area contributed by atoms with Gasteiger partial charge >= 0.3 is 12.3 Å². The van der Waals surface area contributed by atoms with Crippen LogP contribution in [0.2, 0.25) is 0 Å². The SMILES string of the molecule is CCCOC(=O)O[C@]1(C(=O)COC(=O)OC(C)C)[C@H](C)C[C@H]2[C@@H]3CCC4=CC(=O)C=C[C@]4(C)[C@@]3(Cl)C(O)C[C@@]21C. The van der Waals surface area contributed by atoms with Crippen molar-refractivity contribution in [1.82, 2.24) is 0 Å². The molecule has 1 N–H and O–H groups in total. The summed E-state index contributed by atoms with van der Waals surface area (Å²) >= 11 is 7.51. The second kappa shape index (κ2) is 10.8. The molecule has 0 spiro atoms. The Bertz CT molecular complexity index is 1130. The van der Waals surface area contributed by atoms with Gasteiger partial charge in [-0.1, -0.05) is 39.3 Å². The molecule has 3 saturated carbocycles. The van der Waals surface area contributed by atoms with Crippen LogP contribution in [0.3, 0.4) is 0 Å². The maximum absolute atomic E-state index is 14.1. The number of aliphatic hydroxyl groups is 1. The van der Waals surface area contributed by atoms with E-state index in [2.05, 4.69) is 0 Å². The van der Waals surface area contributed by atoms with Gasteiger partial charge in [-0.25, -0.2) is 9.59 Å². The summed E-state index contributed by atoms with van der Waals surface area (Å²) in [6, 6.07) is 0. The molecule has 10 heteroatoms. The Morgan fingerprint density at radius 3 is 2.50 bits per heavy atom. The Morgan fingerprint density at radius 1 is 1.15 bits per heavy atom. The zero-order valence-electron chi connectivity index (χ0n) is 24.2. The van der Waals surface area contributed by atoms with Gasteiger partial charge in [-0.15, -0.1) is 11.6 Å². The van der Waals surface area contributed by atoms with Gasteiger partial charge in [0.15, 0.2) is 18.0 Å². The van der Waals surface area contributed by atoms with Gasteiger partial charge in [0, 0.05) is 16.7 Å². The first-order chi connectivity index (χ1) is 18.7. The fourth-order valence-corrected chi connectivity index (χ4v) is 8.73. The zero-order chi connectivity index (χ0) is 29.7. The van der Waals surface area contributed by atoms with E-state index in [1.54, 1.807) is 26.0 Å². The minimum atomic E-state index is -1.74. The van der Waals surface area contributed by atoms with Crippen LogP contribution in [0, 0.1) is 28.6 Å². The van der Waals surface area contributed by atoms with Gasteiger partial charge in [-0.05, 0) is 69.9 Å². The average Bonchev–Trinajstić information content (AvgIpc) is 3.09. The van der Waals surface area contributed by atoms with Crippen molar-refractivity contribution in [2.45, 2.75) is 96.3 Å². The first kappa shape index (κ1) is 30.6. The minimum Gasteiger partial charge on any atom is -0.434 e. The van der Waals surface area contributed by atoms with Crippen LogP contribution in [0.4, 0.5) is 9.59 Å². The van der Waals surface area contributed by atoms with Crippen LogP contribution in [-0.4, -0.2) is 64.9 Å². The molecule has 0 aromatic carbocycles. The molecule has 0 aliphatic heterocycles. The average molecular weight is 581 g/mol. The summed E-state index contributed by atoms with van der Waals surface area (Å²) in [4.78, 5) is 50.2. The molecule has 40 heavy (non-hydrogen) atoms. The normalized spacial score (nSPS) is 39.9. The highest BCUT2D eigenvalue weighted by Gasteiger charge is 2.76. The van der Waals surface area contributed by atoms with Crippen molar-refractivity contribution in [2.24, 2.45) is 28.6 Å². The lowest BCUT2D eigenvalue weighted by molar-refractivity contribution is -0.185. The smallest absolute Gasteiger partial charge is 0.434 e. The number of allylic oxidation sites excluding steroid dienone is 4. The lowest BCUT2D eigenvalue weighted by Crippen LogP contribution is -2.69. The highest BCUT2D eigenvalue weighted by Crippen LogP contribution is 2.72. The van der Waals surface area contributed by atoms with E-state index in [0.29, 0.717) is 25.7 Å². The Kier molecular flexibility index (Phi) is 8.24. The predicted octanol–water partition coefficient (Wildman–Crippen LogP) is 5.31. The Hall–Kier alpha value is -2.39. The summed E-state index contributed by atoms with van der Waals surface area (Å²) < 4.78 is 21.4. The second-order valence-corrected chi connectivity index (χ2v) is 13.1. The third-order valence-corrected chi connectivity index (χ3v) is 10.8. The molecule has 4 rings (SSSR count). The summed E-state index contributed by atoms with van der Waals surface area (Å²) in [7, 11) is 0. The molecule has 0 radical (unpaired) electrons. The molecule has 1 unspecified atom stereocenters. The number of ether oxygens (including phenoxy) is 4. The number of ketones is 2. The van der Waals surface area contributed by atoms with Gasteiger partial charge in [0.1, 0.15) is 0 Å². The number of fused-ring (bicyclic) bond motifs is 5. The van der Waals surface area contributed by atoms with E-state index in [0.717, 1.165) is 5.57 Å². The summed E-state index contributed by atoms with van der Waals surface area (Å²) in [6.45, 7) is 10.3. The van der Waals surface area contributed by atoms with E-state index in [1.165, 1.54) is 6.08 Å². The predicted molar refractivity (Wildman–Crippen MR) is 146 cm³/mol. The fourth-order valence-electron chi connectivity index (χ4n) is 8.20. The molecule has 4 aliphatic rings. The van der Waals surface area contributed by atoms with E-state index in [4.69, 9.17) is 30.5 Å². The Labute approximate surface area is 240 Å². The second-order valence-electron chi connectivity index (χ2n) is 12.5. The number of Topliss-reactive ketones (excluding diaryl/α,β-unsaturated/α-hetero) is 1. The first-order valence-corrected chi connectivity index (χ1v) is 14.6. The van der Waals surface area contributed by atoms with Crippen LogP contribution in [0.1, 0.15) is 73.6 Å². The third-order valence-electron chi connectivity index (χ3n) is 9.92. The van der Waals surface area contributed by atoms with Gasteiger partial charge in [-0.2, -0.15) is 0 Å². The van der Waals surface area contributed by atoms with E-state index in [-0.39, 0.29) is 30.6 Å². The number of hydrogen-bond donors (Lipinski definition) is 1. The van der Waals surface area contributed by atoms with Crippen molar-refractivity contribution in [2.75, 3.05) is 13.2 Å². The molecule has 0 aromatic heterocycles. The molecule has 0 bridgehead atoms. The van der Waals surface area contributed by atoms with Gasteiger partial charge in [0.25, 0.3) is 0 Å². The quantitative estimate of drug-likeness (QED) is 0.315. The number of halogens is 1. The number of carbonyl (C=O) groups excluding carboxylic acids is 4. The molecule has 222 valence electrons. The van der Waals surface area contributed by atoms with Crippen LogP contribution < -0.4 is 0 Å². The Morgan fingerprint density at radius 2 is 1.85 bits per heavy atom. The molecular formula is C30H41ClO9. The van der Waals surface area contributed by atoms with E-state index in [1.807, 2.05) is 27.7 Å². The van der Waals surface area contributed by atoms with Crippen molar-refractivity contribution in [3.05, 3.63) is 23.8 Å². The summed E-state index contributed by atoms with van der Waals surface area (Å²) in [6.07, 6.45) is 3.71. The fraction of sp³-hybridized carbons (Fsp3) is 0.733. The van der Waals surface area contributed by atoms with Crippen molar-refractivity contribution in [3.63, 3.8) is 0 Å². The summed E-state index contributed by atoms with van der Waals surface area (Å²) in [5.74, 6) is -1.68. The van der Waals surface area contributed by atoms with Crippen molar-refractivity contribution in [1.29, 1.82) is 0 Å². The largest absolute Gasteiger partial charge is 0.509 e. The van der Waals surface area contributed by atoms with Crippen molar-refractivity contribution < 1.29 is 43.2 Å². The topological polar surface area (TPSA) is 125 Å². The highest BCUT2D eigenvalue weighted by molar-refractivity contribution is 6.26. The van der Waals surface area contributed by atoms with Crippen LogP contribution in [0.5, 0.6) is 0 Å². The minimum absolute atomic E-state index is 0.0515. The standard InChI is InChI=1S/C30H41ClO9/c1-7-12-37-26(36)40-30(24(34)16-38-25(35)39-17(2)3)18(4)13-22-21-9-8-19-14-20(32)10-11-27(19,5)29(21,31)23(33)15-28(22,30)6/h10-11,14,17-18,21-23,33H,7-9,12-13,15-16H2,1-6H3/t18-,21+,22+,23?,27+,28+,29+,30+/m1/s1. The molecule has 3 fully saturated rings. The zero-order valence-corrected chi connectivity index (χ0v) is 24.9. The molecule has 0 heterocycles. The number of rotatable bonds is 7. The van der Waals surface area contributed by atoms with Crippen LogP contribution in [-0.2, 0) is 28.5 Å². The lowest BCUT2D eigenvalue weighted by Gasteiger charge is -2.64. The van der Waals surface area contributed by atoms with E-state index in [9.17, 15) is 24.3 Å². The summed E-state index contributed by atoms with van der Waals surface area (Å²) in [5, 5.41) is 11.9. The van der Waals surface area contributed by atoms with Crippen LogP contribution >= 0.6 is 11.6 Å². The van der Waals surface area contributed by atoms with Crippen LogP contribution in [0.25, 0.3) is 0 Å². The third kappa shape index (κ3) is 4.48. The summed E-state index contributed by atoms with van der Waals surface area (Å²) in [5.41, 5.74) is -2.67. The highest BCUT2D eigenvalue weighted by atomic mass is 35.5. The van der Waals surface area contributed by atoms with Crippen molar-refractivity contribution >= 4 is 35.5 Å². The van der Waals surface area contributed by atoms with Crippen molar-refractivity contribution in [3.8, 4) is 0 Å². The molecular weight excluding hydrogens is 540 g/mol. The number of hydrogen-bond acceptors (Lipinski definition) is 9. The molecule has 0 saturated heterocycles. The van der Waals surface area contributed by atoms with Crippen LogP contribution in [0.15, 0.2) is 23.8 Å². The number of aliphatic hydroxyl groups excluding tert-OH is 1. The Balaban J connectivity index is 1.75.